The molecule has 3 heteroatoms. The van der Waals surface area contributed by atoms with Gasteiger partial charge in [-0.25, -0.2) is 0 Å². The average Bonchev–Trinajstić information content (AvgIpc) is 2.56. The number of carboxylic acids is 1. The van der Waals surface area contributed by atoms with E-state index in [9.17, 15) is 4.79 Å². The second kappa shape index (κ2) is 24.1. The molecule has 0 spiro atoms. The normalized spacial score (nSPS) is 10.6. The van der Waals surface area contributed by atoms with Gasteiger partial charge < -0.3 is 5.11 Å². The summed E-state index contributed by atoms with van der Waals surface area (Å²) in [7, 11) is 0. The Morgan fingerprint density at radius 3 is 1.00 bits per heavy atom. The van der Waals surface area contributed by atoms with E-state index in [1.165, 1.54) is 109 Å². The molecule has 1 N–H and O–H groups in total. The van der Waals surface area contributed by atoms with E-state index in [-0.39, 0.29) is 20.4 Å². The molecule has 0 saturated heterocycles. The third kappa shape index (κ3) is 26.5. The molecule has 0 bridgehead atoms. The van der Waals surface area contributed by atoms with E-state index in [0.29, 0.717) is 6.42 Å². The van der Waals surface area contributed by atoms with Gasteiger partial charge in [-0.05, 0) is 6.42 Å². The summed E-state index contributed by atoms with van der Waals surface area (Å²) < 4.78 is 0. The molecule has 0 aromatic heterocycles. The van der Waals surface area contributed by atoms with Gasteiger partial charge in [0.2, 0.25) is 0 Å². The first-order chi connectivity index (χ1) is 11.8. The van der Waals surface area contributed by atoms with E-state index in [2.05, 4.69) is 6.92 Å². The van der Waals surface area contributed by atoms with Crippen LogP contribution in [0.1, 0.15) is 135 Å². The molecular formula is C22H44O2Pd. The summed E-state index contributed by atoms with van der Waals surface area (Å²) in [6.45, 7) is 2.28. The van der Waals surface area contributed by atoms with E-state index in [1.54, 1.807) is 0 Å². The predicted octanol–water partition coefficient (Wildman–Crippen LogP) is 7.89. The zero-order valence-corrected chi connectivity index (χ0v) is 18.4. The Morgan fingerprint density at radius 2 is 0.760 bits per heavy atom. The Morgan fingerprint density at radius 1 is 0.520 bits per heavy atom. The van der Waals surface area contributed by atoms with Crippen molar-refractivity contribution in [2.45, 2.75) is 135 Å². The van der Waals surface area contributed by atoms with Crippen molar-refractivity contribution in [3.8, 4) is 0 Å². The van der Waals surface area contributed by atoms with Crippen LogP contribution in [0.5, 0.6) is 0 Å². The first kappa shape index (κ1) is 27.4. The molecule has 0 aromatic rings. The van der Waals surface area contributed by atoms with Gasteiger partial charge >= 0.3 is 5.97 Å². The molecule has 2 nitrogen and oxygen atoms in total. The topological polar surface area (TPSA) is 37.3 Å². The maximum absolute atomic E-state index is 10.4. The van der Waals surface area contributed by atoms with Gasteiger partial charge in [0.15, 0.2) is 0 Å². The van der Waals surface area contributed by atoms with Gasteiger partial charge in [0.05, 0.1) is 0 Å². The molecule has 0 aromatic carbocycles. The Labute approximate surface area is 171 Å². The minimum absolute atomic E-state index is 0. The minimum atomic E-state index is -0.651. The number of hydrogen-bond acceptors (Lipinski definition) is 1. The Bertz CT molecular complexity index is 256. The molecule has 0 heterocycles. The van der Waals surface area contributed by atoms with Crippen molar-refractivity contribution >= 4 is 5.97 Å². The van der Waals surface area contributed by atoms with Gasteiger partial charge in [0.1, 0.15) is 0 Å². The van der Waals surface area contributed by atoms with Crippen LogP contribution in [0.15, 0.2) is 0 Å². The summed E-state index contributed by atoms with van der Waals surface area (Å²) in [6, 6.07) is 0. The van der Waals surface area contributed by atoms with Crippen LogP contribution < -0.4 is 0 Å². The third-order valence-electron chi connectivity index (χ3n) is 4.99. The first-order valence-corrected chi connectivity index (χ1v) is 11.0. The van der Waals surface area contributed by atoms with Crippen molar-refractivity contribution in [1.29, 1.82) is 0 Å². The third-order valence-corrected chi connectivity index (χ3v) is 4.99. The van der Waals surface area contributed by atoms with Crippen LogP contribution in [-0.2, 0) is 25.2 Å². The number of carboxylic acid groups (broad SMARTS) is 1. The fourth-order valence-electron chi connectivity index (χ4n) is 3.35. The first-order valence-electron chi connectivity index (χ1n) is 11.0. The molecule has 0 aliphatic heterocycles. The molecule has 0 amide bonds. The van der Waals surface area contributed by atoms with Gasteiger partial charge in [-0.3, -0.25) is 4.79 Å². The summed E-state index contributed by atoms with van der Waals surface area (Å²) in [5.41, 5.74) is 0. The maximum Gasteiger partial charge on any atom is 0.303 e. The summed E-state index contributed by atoms with van der Waals surface area (Å²) in [4.78, 5) is 10.4. The fraction of sp³-hybridized carbons (Fsp3) is 0.955. The zero-order valence-electron chi connectivity index (χ0n) is 16.8. The molecule has 0 saturated carbocycles. The Kier molecular flexibility index (Phi) is 26.4. The standard InChI is InChI=1S/C22H44O2.Pd/c1-2-3-4-5-6-7-8-9-10-11-12-13-14-15-16-17-18-19-20-21-22(23)24;/h2-21H2,1H3,(H,23,24);. The Hall–Kier alpha value is 0.132. The van der Waals surface area contributed by atoms with Crippen LogP contribution in [0, 0.1) is 0 Å². The summed E-state index contributed by atoms with van der Waals surface area (Å²) in [5.74, 6) is -0.651. The van der Waals surface area contributed by atoms with E-state index in [0.717, 1.165) is 12.8 Å². The monoisotopic (exact) mass is 446 g/mol. The van der Waals surface area contributed by atoms with Crippen LogP contribution in [-0.4, -0.2) is 11.1 Å². The number of unbranched alkanes of at least 4 members (excludes halogenated alkanes) is 18. The second-order valence-corrected chi connectivity index (χ2v) is 7.51. The molecule has 0 atom stereocenters. The van der Waals surface area contributed by atoms with E-state index in [1.807, 2.05) is 0 Å². The molecule has 0 unspecified atom stereocenters. The van der Waals surface area contributed by atoms with Gasteiger partial charge in [0, 0.05) is 26.8 Å². The van der Waals surface area contributed by atoms with Gasteiger partial charge in [-0.1, -0.05) is 122 Å². The van der Waals surface area contributed by atoms with Crippen LogP contribution in [0.2, 0.25) is 0 Å². The number of hydrogen-bond donors (Lipinski definition) is 1. The number of rotatable bonds is 20. The van der Waals surface area contributed by atoms with Crippen molar-refractivity contribution < 1.29 is 30.3 Å². The summed E-state index contributed by atoms with van der Waals surface area (Å²) >= 11 is 0. The molecule has 25 heavy (non-hydrogen) atoms. The SMILES string of the molecule is CCCCCCCCCCCCCCCCCCCCCC(=O)O.[Pd]. The molecule has 0 aliphatic rings. The molecule has 0 aliphatic carbocycles. The van der Waals surface area contributed by atoms with Crippen molar-refractivity contribution in [1.82, 2.24) is 0 Å². The summed E-state index contributed by atoms with van der Waals surface area (Å²) in [5, 5.41) is 8.56. The summed E-state index contributed by atoms with van der Waals surface area (Å²) in [6.07, 6.45) is 26.1. The van der Waals surface area contributed by atoms with Gasteiger partial charge in [0.25, 0.3) is 0 Å². The van der Waals surface area contributed by atoms with Crippen molar-refractivity contribution in [3.63, 3.8) is 0 Å². The average molecular weight is 447 g/mol. The molecular weight excluding hydrogens is 403 g/mol. The number of aliphatic carboxylic acids is 1. The van der Waals surface area contributed by atoms with E-state index >= 15 is 0 Å². The molecule has 154 valence electrons. The van der Waals surface area contributed by atoms with Crippen LogP contribution >= 0.6 is 0 Å². The minimum Gasteiger partial charge on any atom is -0.481 e. The maximum atomic E-state index is 10.4. The van der Waals surface area contributed by atoms with Crippen molar-refractivity contribution in [2.75, 3.05) is 0 Å². The smallest absolute Gasteiger partial charge is 0.303 e. The zero-order chi connectivity index (χ0) is 17.7. The predicted molar refractivity (Wildman–Crippen MR) is 106 cm³/mol. The van der Waals surface area contributed by atoms with Crippen molar-refractivity contribution in [3.05, 3.63) is 0 Å². The van der Waals surface area contributed by atoms with Gasteiger partial charge in [-0.15, -0.1) is 0 Å². The van der Waals surface area contributed by atoms with Crippen LogP contribution in [0.3, 0.4) is 0 Å². The van der Waals surface area contributed by atoms with Crippen LogP contribution in [0.25, 0.3) is 0 Å². The van der Waals surface area contributed by atoms with E-state index < -0.39 is 5.97 Å². The quantitative estimate of drug-likeness (QED) is 0.152. The second-order valence-electron chi connectivity index (χ2n) is 7.51. The Balaban J connectivity index is 0. The molecule has 0 fully saturated rings. The van der Waals surface area contributed by atoms with Gasteiger partial charge in [-0.2, -0.15) is 0 Å². The van der Waals surface area contributed by atoms with E-state index in [4.69, 9.17) is 5.11 Å². The molecule has 0 radical (unpaired) electrons. The largest absolute Gasteiger partial charge is 0.481 e. The van der Waals surface area contributed by atoms with Crippen molar-refractivity contribution in [2.24, 2.45) is 0 Å². The molecule has 0 rings (SSSR count). The fourth-order valence-corrected chi connectivity index (χ4v) is 3.35. The van der Waals surface area contributed by atoms with Crippen LogP contribution in [0.4, 0.5) is 0 Å². The number of carbonyl (C=O) groups is 1.